The summed E-state index contributed by atoms with van der Waals surface area (Å²) in [4.78, 5) is 0. The van der Waals surface area contributed by atoms with E-state index in [-0.39, 0.29) is 0 Å². The highest BCUT2D eigenvalue weighted by molar-refractivity contribution is 5.50. The second-order valence-corrected chi connectivity index (χ2v) is 4.59. The topological polar surface area (TPSA) is 0 Å². The van der Waals surface area contributed by atoms with Crippen LogP contribution < -0.4 is 0 Å². The molecule has 0 aliphatic heterocycles. The molecular formula is C15H16. The SMILES string of the molecule is C1=C[C@@H]2C(/C=C/c3ccccc3)[C@@H]2CC1. The Hall–Kier alpha value is -1.30. The molecule has 0 spiro atoms. The highest BCUT2D eigenvalue weighted by Gasteiger charge is 2.46. The van der Waals surface area contributed by atoms with Crippen molar-refractivity contribution in [3.63, 3.8) is 0 Å². The van der Waals surface area contributed by atoms with Crippen molar-refractivity contribution < 1.29 is 0 Å². The highest BCUT2D eigenvalue weighted by atomic mass is 14.5. The molecule has 2 aliphatic carbocycles. The molecule has 1 aromatic rings. The second-order valence-electron chi connectivity index (χ2n) is 4.59. The molecule has 0 aromatic heterocycles. The number of hydrogen-bond acceptors (Lipinski definition) is 0. The van der Waals surface area contributed by atoms with Gasteiger partial charge in [-0.25, -0.2) is 0 Å². The summed E-state index contributed by atoms with van der Waals surface area (Å²) in [6.07, 6.45) is 12.1. The maximum absolute atomic E-state index is 2.41. The molecule has 0 N–H and O–H groups in total. The van der Waals surface area contributed by atoms with Gasteiger partial charge in [-0.3, -0.25) is 0 Å². The van der Waals surface area contributed by atoms with E-state index in [0.29, 0.717) is 0 Å². The van der Waals surface area contributed by atoms with Crippen LogP contribution >= 0.6 is 0 Å². The molecule has 0 saturated heterocycles. The van der Waals surface area contributed by atoms with Crippen molar-refractivity contribution in [3.8, 4) is 0 Å². The van der Waals surface area contributed by atoms with Gasteiger partial charge >= 0.3 is 0 Å². The average molecular weight is 196 g/mol. The van der Waals surface area contributed by atoms with Crippen molar-refractivity contribution in [2.75, 3.05) is 0 Å². The molecule has 15 heavy (non-hydrogen) atoms. The first kappa shape index (κ1) is 8.96. The van der Waals surface area contributed by atoms with E-state index >= 15 is 0 Å². The Bertz CT molecular complexity index is 386. The van der Waals surface area contributed by atoms with E-state index in [2.05, 4.69) is 54.6 Å². The molecule has 0 bridgehead atoms. The molecule has 0 radical (unpaired) electrons. The van der Waals surface area contributed by atoms with E-state index in [0.717, 1.165) is 17.8 Å². The Morgan fingerprint density at radius 3 is 2.73 bits per heavy atom. The van der Waals surface area contributed by atoms with Crippen LogP contribution in [-0.4, -0.2) is 0 Å². The number of rotatable bonds is 2. The zero-order valence-electron chi connectivity index (χ0n) is 8.84. The van der Waals surface area contributed by atoms with E-state index in [9.17, 15) is 0 Å². The molecule has 2 aliphatic rings. The van der Waals surface area contributed by atoms with Crippen molar-refractivity contribution >= 4 is 6.08 Å². The van der Waals surface area contributed by atoms with Crippen molar-refractivity contribution in [3.05, 3.63) is 54.1 Å². The summed E-state index contributed by atoms with van der Waals surface area (Å²) in [5.74, 6) is 2.64. The normalized spacial score (nSPS) is 32.9. The lowest BCUT2D eigenvalue weighted by molar-refractivity contribution is 0.671. The molecule has 0 heterocycles. The lowest BCUT2D eigenvalue weighted by Gasteiger charge is -1.96. The smallest absolute Gasteiger partial charge is 0.0130 e. The first-order valence-electron chi connectivity index (χ1n) is 5.85. The van der Waals surface area contributed by atoms with E-state index in [1.807, 2.05) is 0 Å². The first-order chi connectivity index (χ1) is 7.45. The van der Waals surface area contributed by atoms with Crippen molar-refractivity contribution in [1.82, 2.24) is 0 Å². The van der Waals surface area contributed by atoms with Crippen LogP contribution in [0.5, 0.6) is 0 Å². The minimum atomic E-state index is 0.823. The van der Waals surface area contributed by atoms with Crippen LogP contribution in [-0.2, 0) is 0 Å². The van der Waals surface area contributed by atoms with Gasteiger partial charge in [-0.2, -0.15) is 0 Å². The zero-order chi connectivity index (χ0) is 10.1. The van der Waals surface area contributed by atoms with Gasteiger partial charge in [0.15, 0.2) is 0 Å². The van der Waals surface area contributed by atoms with E-state index in [4.69, 9.17) is 0 Å². The van der Waals surface area contributed by atoms with Crippen LogP contribution in [0.3, 0.4) is 0 Å². The summed E-state index contributed by atoms with van der Waals surface area (Å²) >= 11 is 0. The molecule has 0 amide bonds. The van der Waals surface area contributed by atoms with Gasteiger partial charge in [-0.05, 0) is 36.2 Å². The van der Waals surface area contributed by atoms with Gasteiger partial charge in [-0.1, -0.05) is 54.6 Å². The van der Waals surface area contributed by atoms with Crippen LogP contribution in [0.4, 0.5) is 0 Å². The van der Waals surface area contributed by atoms with Crippen LogP contribution in [0.25, 0.3) is 6.08 Å². The molecule has 3 atom stereocenters. The fourth-order valence-electron chi connectivity index (χ4n) is 2.68. The number of allylic oxidation sites excluding steroid dienone is 3. The van der Waals surface area contributed by atoms with Crippen LogP contribution in [0.15, 0.2) is 48.6 Å². The monoisotopic (exact) mass is 196 g/mol. The predicted octanol–water partition coefficient (Wildman–Crippen LogP) is 3.91. The van der Waals surface area contributed by atoms with Crippen LogP contribution in [0.1, 0.15) is 18.4 Å². The Morgan fingerprint density at radius 1 is 1.13 bits per heavy atom. The minimum Gasteiger partial charge on any atom is -0.0882 e. The Kier molecular flexibility index (Phi) is 2.21. The van der Waals surface area contributed by atoms with E-state index in [1.54, 1.807) is 0 Å². The lowest BCUT2D eigenvalue weighted by Crippen LogP contribution is -1.83. The van der Waals surface area contributed by atoms with Gasteiger partial charge in [0.05, 0.1) is 0 Å². The van der Waals surface area contributed by atoms with Crippen LogP contribution in [0.2, 0.25) is 0 Å². The molecule has 1 saturated carbocycles. The van der Waals surface area contributed by atoms with Crippen molar-refractivity contribution in [2.24, 2.45) is 17.8 Å². The summed E-state index contributed by atoms with van der Waals surface area (Å²) in [5.41, 5.74) is 1.32. The largest absolute Gasteiger partial charge is 0.0882 e. The van der Waals surface area contributed by atoms with Gasteiger partial charge in [0.25, 0.3) is 0 Å². The summed E-state index contributed by atoms with van der Waals surface area (Å²) in [6, 6.07) is 10.6. The molecular weight excluding hydrogens is 180 g/mol. The van der Waals surface area contributed by atoms with Gasteiger partial charge < -0.3 is 0 Å². The minimum absolute atomic E-state index is 0.823. The number of fused-ring (bicyclic) bond motifs is 1. The quantitative estimate of drug-likeness (QED) is 0.629. The molecule has 1 fully saturated rings. The Labute approximate surface area is 91.3 Å². The van der Waals surface area contributed by atoms with Crippen molar-refractivity contribution in [2.45, 2.75) is 12.8 Å². The van der Waals surface area contributed by atoms with Gasteiger partial charge in [0.2, 0.25) is 0 Å². The Balaban J connectivity index is 1.68. The maximum atomic E-state index is 2.41. The summed E-state index contributed by atoms with van der Waals surface area (Å²) in [7, 11) is 0. The highest BCUT2D eigenvalue weighted by Crippen LogP contribution is 2.53. The first-order valence-corrected chi connectivity index (χ1v) is 5.85. The molecule has 1 aromatic carbocycles. The standard InChI is InChI=1S/C15H16/c1-2-6-12(7-3-1)10-11-15-13-8-4-5-9-14(13)15/h1-4,6-8,10-11,13-15H,5,9H2/b11-10+/t13-,14+,15?/m0/s1. The molecule has 3 rings (SSSR count). The fraction of sp³-hybridized carbons (Fsp3) is 0.333. The van der Waals surface area contributed by atoms with E-state index in [1.165, 1.54) is 18.4 Å². The molecule has 76 valence electrons. The second kappa shape index (κ2) is 3.69. The third kappa shape index (κ3) is 1.77. The summed E-state index contributed by atoms with van der Waals surface area (Å²) in [5, 5.41) is 0. The van der Waals surface area contributed by atoms with Crippen molar-refractivity contribution in [1.29, 1.82) is 0 Å². The van der Waals surface area contributed by atoms with E-state index < -0.39 is 0 Å². The third-order valence-electron chi connectivity index (χ3n) is 3.63. The predicted molar refractivity (Wildman–Crippen MR) is 64.3 cm³/mol. The Morgan fingerprint density at radius 2 is 2.00 bits per heavy atom. The average Bonchev–Trinajstić information content (AvgIpc) is 3.01. The zero-order valence-corrected chi connectivity index (χ0v) is 8.84. The number of benzene rings is 1. The fourth-order valence-corrected chi connectivity index (χ4v) is 2.68. The third-order valence-corrected chi connectivity index (χ3v) is 3.63. The van der Waals surface area contributed by atoms with Gasteiger partial charge in [0, 0.05) is 0 Å². The van der Waals surface area contributed by atoms with Crippen LogP contribution in [0, 0.1) is 17.8 Å². The summed E-state index contributed by atoms with van der Waals surface area (Å²) < 4.78 is 0. The molecule has 0 heteroatoms. The van der Waals surface area contributed by atoms with Gasteiger partial charge in [0.1, 0.15) is 0 Å². The summed E-state index contributed by atoms with van der Waals surface area (Å²) in [6.45, 7) is 0. The van der Waals surface area contributed by atoms with Gasteiger partial charge in [-0.15, -0.1) is 0 Å². The lowest BCUT2D eigenvalue weighted by atomic mass is 10.1. The maximum Gasteiger partial charge on any atom is -0.0130 e. The molecule has 1 unspecified atom stereocenters. The number of hydrogen-bond donors (Lipinski definition) is 0. The molecule has 0 nitrogen and oxygen atoms in total.